The third kappa shape index (κ3) is 5.72. The van der Waals surface area contributed by atoms with Crippen molar-refractivity contribution >= 4 is 11.6 Å². The van der Waals surface area contributed by atoms with Crippen molar-refractivity contribution in [3.63, 3.8) is 0 Å². The summed E-state index contributed by atoms with van der Waals surface area (Å²) in [5, 5.41) is 3.04. The first-order valence-corrected chi connectivity index (χ1v) is 8.63. The SMILES string of the molecule is CCC(CC(=O)CCCCc1cccc(NC)n1)c1cncnc1. The van der Waals surface area contributed by atoms with E-state index in [4.69, 9.17) is 0 Å². The van der Waals surface area contributed by atoms with Gasteiger partial charge in [-0.2, -0.15) is 0 Å². The van der Waals surface area contributed by atoms with Gasteiger partial charge in [0.2, 0.25) is 0 Å². The van der Waals surface area contributed by atoms with Crippen LogP contribution in [-0.4, -0.2) is 27.8 Å². The number of nitrogens with zero attached hydrogens (tertiary/aromatic N) is 3. The van der Waals surface area contributed by atoms with Crippen LogP contribution in [-0.2, 0) is 11.2 Å². The molecule has 0 saturated heterocycles. The molecular formula is C19H26N4O. The first-order valence-electron chi connectivity index (χ1n) is 8.63. The van der Waals surface area contributed by atoms with Crippen molar-refractivity contribution < 1.29 is 4.79 Å². The summed E-state index contributed by atoms with van der Waals surface area (Å²) < 4.78 is 0. The number of carbonyl (C=O) groups is 1. The summed E-state index contributed by atoms with van der Waals surface area (Å²) in [4.78, 5) is 24.8. The molecule has 2 rings (SSSR count). The highest BCUT2D eigenvalue weighted by Crippen LogP contribution is 2.23. The lowest BCUT2D eigenvalue weighted by Gasteiger charge is -2.13. The van der Waals surface area contributed by atoms with Gasteiger partial charge in [-0.1, -0.05) is 13.0 Å². The first-order chi connectivity index (χ1) is 11.7. The van der Waals surface area contributed by atoms with E-state index in [-0.39, 0.29) is 5.92 Å². The number of anilines is 1. The number of unbranched alkanes of at least 4 members (excludes halogenated alkanes) is 1. The lowest BCUT2D eigenvalue weighted by atomic mass is 9.92. The number of rotatable bonds is 10. The van der Waals surface area contributed by atoms with Crippen LogP contribution in [0.3, 0.4) is 0 Å². The summed E-state index contributed by atoms with van der Waals surface area (Å²) in [5.41, 5.74) is 2.13. The third-order valence-electron chi connectivity index (χ3n) is 4.22. The van der Waals surface area contributed by atoms with Gasteiger partial charge >= 0.3 is 0 Å². The maximum atomic E-state index is 12.2. The zero-order valence-electron chi connectivity index (χ0n) is 14.5. The Hall–Kier alpha value is -2.30. The topological polar surface area (TPSA) is 67.8 Å². The van der Waals surface area contributed by atoms with Crippen LogP contribution in [0.25, 0.3) is 0 Å². The van der Waals surface area contributed by atoms with Crippen molar-refractivity contribution in [2.75, 3.05) is 12.4 Å². The molecule has 0 fully saturated rings. The van der Waals surface area contributed by atoms with Crippen LogP contribution in [0.2, 0.25) is 0 Å². The summed E-state index contributed by atoms with van der Waals surface area (Å²) >= 11 is 0. The highest BCUT2D eigenvalue weighted by molar-refractivity contribution is 5.79. The molecule has 5 nitrogen and oxygen atoms in total. The second-order valence-electron chi connectivity index (χ2n) is 5.99. The Morgan fingerprint density at radius 1 is 1.21 bits per heavy atom. The Bertz CT molecular complexity index is 630. The second-order valence-corrected chi connectivity index (χ2v) is 5.99. The molecular weight excluding hydrogens is 300 g/mol. The Balaban J connectivity index is 1.72. The average molecular weight is 326 g/mol. The molecule has 2 heterocycles. The lowest BCUT2D eigenvalue weighted by molar-refractivity contribution is -0.119. The highest BCUT2D eigenvalue weighted by atomic mass is 16.1. The molecule has 0 saturated carbocycles. The monoisotopic (exact) mass is 326 g/mol. The van der Waals surface area contributed by atoms with E-state index in [1.165, 1.54) is 6.33 Å². The van der Waals surface area contributed by atoms with Gasteiger partial charge in [-0.25, -0.2) is 15.0 Å². The molecule has 0 bridgehead atoms. The molecule has 2 aromatic heterocycles. The molecule has 0 spiro atoms. The molecule has 2 aromatic rings. The van der Waals surface area contributed by atoms with E-state index in [0.29, 0.717) is 18.6 Å². The van der Waals surface area contributed by atoms with Crippen LogP contribution in [0, 0.1) is 0 Å². The zero-order chi connectivity index (χ0) is 17.2. The van der Waals surface area contributed by atoms with E-state index in [9.17, 15) is 4.79 Å². The van der Waals surface area contributed by atoms with E-state index in [0.717, 1.165) is 42.8 Å². The standard InChI is InChI=1S/C19H26N4O/c1-3-15(16-12-21-14-22-13-16)11-18(24)9-5-4-7-17-8-6-10-19(20-2)23-17/h6,8,10,12-15H,3-5,7,9,11H2,1-2H3,(H,20,23). The molecule has 0 radical (unpaired) electrons. The Morgan fingerprint density at radius 3 is 2.71 bits per heavy atom. The number of ketones is 1. The van der Waals surface area contributed by atoms with Gasteiger partial charge in [0.05, 0.1) is 0 Å². The predicted molar refractivity (Wildman–Crippen MR) is 96.0 cm³/mol. The van der Waals surface area contributed by atoms with E-state index < -0.39 is 0 Å². The fourth-order valence-corrected chi connectivity index (χ4v) is 2.78. The number of carbonyl (C=O) groups excluding carboxylic acids is 1. The van der Waals surface area contributed by atoms with Gasteiger partial charge in [0.25, 0.3) is 0 Å². The van der Waals surface area contributed by atoms with Crippen molar-refractivity contribution in [2.24, 2.45) is 0 Å². The maximum absolute atomic E-state index is 12.2. The normalized spacial score (nSPS) is 11.9. The number of aromatic nitrogens is 3. The molecule has 1 N–H and O–H groups in total. The number of pyridine rings is 1. The molecule has 0 aliphatic rings. The number of hydrogen-bond acceptors (Lipinski definition) is 5. The number of aryl methyl sites for hydroxylation is 1. The molecule has 0 aliphatic heterocycles. The van der Waals surface area contributed by atoms with Crippen LogP contribution in [0.4, 0.5) is 5.82 Å². The number of nitrogens with one attached hydrogen (secondary N) is 1. The molecule has 5 heteroatoms. The van der Waals surface area contributed by atoms with Gasteiger partial charge in [-0.3, -0.25) is 4.79 Å². The zero-order valence-corrected chi connectivity index (χ0v) is 14.5. The largest absolute Gasteiger partial charge is 0.373 e. The summed E-state index contributed by atoms with van der Waals surface area (Å²) in [6.45, 7) is 2.10. The van der Waals surface area contributed by atoms with Crippen molar-refractivity contribution in [1.82, 2.24) is 15.0 Å². The summed E-state index contributed by atoms with van der Waals surface area (Å²) in [6, 6.07) is 5.99. The van der Waals surface area contributed by atoms with Crippen LogP contribution in [0.5, 0.6) is 0 Å². The molecule has 128 valence electrons. The fourth-order valence-electron chi connectivity index (χ4n) is 2.78. The van der Waals surface area contributed by atoms with Gasteiger partial charge in [-0.15, -0.1) is 0 Å². The number of hydrogen-bond donors (Lipinski definition) is 1. The van der Waals surface area contributed by atoms with Gasteiger partial charge in [0, 0.05) is 38.0 Å². The van der Waals surface area contributed by atoms with Crippen molar-refractivity contribution in [1.29, 1.82) is 0 Å². The van der Waals surface area contributed by atoms with Gasteiger partial charge < -0.3 is 5.32 Å². The smallest absolute Gasteiger partial charge is 0.133 e. The van der Waals surface area contributed by atoms with E-state index >= 15 is 0 Å². The second kappa shape index (κ2) is 9.75. The first kappa shape index (κ1) is 18.0. The van der Waals surface area contributed by atoms with Crippen molar-refractivity contribution in [3.8, 4) is 0 Å². The van der Waals surface area contributed by atoms with Crippen LogP contribution in [0.15, 0.2) is 36.9 Å². The third-order valence-corrected chi connectivity index (χ3v) is 4.22. The maximum Gasteiger partial charge on any atom is 0.133 e. The van der Waals surface area contributed by atoms with Crippen LogP contribution < -0.4 is 5.32 Å². The molecule has 1 atom stereocenters. The summed E-state index contributed by atoms with van der Waals surface area (Å²) in [6.07, 6.45) is 10.1. The molecule has 0 amide bonds. The Kier molecular flexibility index (Phi) is 7.33. The molecule has 0 aromatic carbocycles. The average Bonchev–Trinajstić information content (AvgIpc) is 2.64. The van der Waals surface area contributed by atoms with E-state index in [1.807, 2.05) is 37.6 Å². The predicted octanol–water partition coefficient (Wildman–Crippen LogP) is 3.78. The van der Waals surface area contributed by atoms with Crippen LogP contribution in [0.1, 0.15) is 56.2 Å². The van der Waals surface area contributed by atoms with Crippen molar-refractivity contribution in [3.05, 3.63) is 48.2 Å². The minimum atomic E-state index is 0.229. The van der Waals surface area contributed by atoms with Crippen molar-refractivity contribution in [2.45, 2.75) is 51.4 Å². The minimum absolute atomic E-state index is 0.229. The Labute approximate surface area is 144 Å². The van der Waals surface area contributed by atoms with Gasteiger partial charge in [0.15, 0.2) is 0 Å². The van der Waals surface area contributed by atoms with Gasteiger partial charge in [-0.05, 0) is 49.3 Å². The number of Topliss-reactive ketones (excluding diaryl/α,β-unsaturated/α-hetero) is 1. The summed E-state index contributed by atoms with van der Waals surface area (Å²) in [7, 11) is 1.87. The van der Waals surface area contributed by atoms with E-state index in [2.05, 4.69) is 27.2 Å². The van der Waals surface area contributed by atoms with Crippen LogP contribution >= 0.6 is 0 Å². The quantitative estimate of drug-likeness (QED) is 0.673. The molecule has 24 heavy (non-hydrogen) atoms. The molecule has 0 aliphatic carbocycles. The molecule has 1 unspecified atom stereocenters. The highest BCUT2D eigenvalue weighted by Gasteiger charge is 2.14. The van der Waals surface area contributed by atoms with E-state index in [1.54, 1.807) is 0 Å². The van der Waals surface area contributed by atoms with Gasteiger partial charge in [0.1, 0.15) is 17.9 Å². The lowest BCUT2D eigenvalue weighted by Crippen LogP contribution is -2.07. The Morgan fingerprint density at radius 2 is 2.00 bits per heavy atom. The fraction of sp³-hybridized carbons (Fsp3) is 0.474. The summed E-state index contributed by atoms with van der Waals surface area (Å²) in [5.74, 6) is 1.44. The minimum Gasteiger partial charge on any atom is -0.373 e.